The van der Waals surface area contributed by atoms with Gasteiger partial charge in [0, 0.05) is 10.5 Å². The van der Waals surface area contributed by atoms with E-state index in [9.17, 15) is 20.2 Å². The fraction of sp³-hybridized carbons (Fsp3) is 0.364. The van der Waals surface area contributed by atoms with E-state index in [0.717, 1.165) is 6.20 Å². The third-order valence-electron chi connectivity index (χ3n) is 2.42. The molecule has 1 atom stereocenters. The molecular weight excluding hydrogens is 318 g/mol. The molecule has 19 heavy (non-hydrogen) atoms. The van der Waals surface area contributed by atoms with Gasteiger partial charge in [0.25, 0.3) is 5.69 Å². The summed E-state index contributed by atoms with van der Waals surface area (Å²) in [6.07, 6.45) is 0.995. The zero-order valence-corrected chi connectivity index (χ0v) is 11.8. The molecule has 0 saturated heterocycles. The van der Waals surface area contributed by atoms with Crippen molar-refractivity contribution in [3.63, 3.8) is 0 Å². The van der Waals surface area contributed by atoms with Crippen LogP contribution in [0.25, 0.3) is 0 Å². The van der Waals surface area contributed by atoms with Crippen molar-refractivity contribution in [2.24, 2.45) is 0 Å². The molecule has 0 radical (unpaired) electrons. The zero-order valence-electron chi connectivity index (χ0n) is 10.2. The van der Waals surface area contributed by atoms with Crippen LogP contribution in [0.2, 0.25) is 0 Å². The molecule has 8 heteroatoms. The van der Waals surface area contributed by atoms with Crippen LogP contribution in [0, 0.1) is 21.4 Å². The number of nitrogens with zero attached hydrogens (tertiary/aromatic N) is 3. The fourth-order valence-corrected chi connectivity index (χ4v) is 2.10. The van der Waals surface area contributed by atoms with Crippen LogP contribution in [0.4, 0.5) is 5.69 Å². The second kappa shape index (κ2) is 5.75. The first kappa shape index (κ1) is 15.0. The van der Waals surface area contributed by atoms with Gasteiger partial charge in [-0.15, -0.1) is 0 Å². The number of halogens is 1. The van der Waals surface area contributed by atoms with Crippen LogP contribution in [0.1, 0.15) is 19.5 Å². The lowest BCUT2D eigenvalue weighted by Crippen LogP contribution is -2.34. The van der Waals surface area contributed by atoms with Gasteiger partial charge < -0.3 is 4.74 Å². The summed E-state index contributed by atoms with van der Waals surface area (Å²) >= 11 is 3.09. The van der Waals surface area contributed by atoms with Gasteiger partial charge in [-0.2, -0.15) is 5.26 Å². The maximum Gasteiger partial charge on any atom is 0.332 e. The summed E-state index contributed by atoms with van der Waals surface area (Å²) in [6, 6.07) is 3.02. The van der Waals surface area contributed by atoms with E-state index in [-0.39, 0.29) is 22.5 Å². The van der Waals surface area contributed by atoms with Gasteiger partial charge in [-0.3, -0.25) is 15.1 Å². The van der Waals surface area contributed by atoms with Crippen molar-refractivity contribution in [2.75, 3.05) is 6.61 Å². The average Bonchev–Trinajstić information content (AvgIpc) is 2.37. The first-order chi connectivity index (χ1) is 8.86. The second-order valence-electron chi connectivity index (χ2n) is 3.74. The molecule has 100 valence electrons. The number of nitro groups is 1. The molecule has 0 aliphatic heterocycles. The lowest BCUT2D eigenvalue weighted by molar-refractivity contribution is -0.385. The summed E-state index contributed by atoms with van der Waals surface area (Å²) < 4.78 is 5.04. The maximum absolute atomic E-state index is 11.8. The van der Waals surface area contributed by atoms with Crippen LogP contribution in [0.15, 0.2) is 16.7 Å². The highest BCUT2D eigenvalue weighted by molar-refractivity contribution is 9.10. The fourth-order valence-electron chi connectivity index (χ4n) is 1.37. The third-order valence-corrected chi connectivity index (χ3v) is 3.02. The van der Waals surface area contributed by atoms with Gasteiger partial charge in [-0.1, -0.05) is 0 Å². The zero-order chi connectivity index (χ0) is 14.6. The van der Waals surface area contributed by atoms with Gasteiger partial charge in [0.2, 0.25) is 0 Å². The van der Waals surface area contributed by atoms with E-state index in [4.69, 9.17) is 4.74 Å². The Morgan fingerprint density at radius 3 is 2.79 bits per heavy atom. The van der Waals surface area contributed by atoms with Crippen LogP contribution in [0.5, 0.6) is 0 Å². The minimum absolute atomic E-state index is 0.0825. The SMILES string of the molecule is CCOC(=O)C(C)(C#N)c1ncc([N+](=O)[O-])cc1Br. The highest BCUT2D eigenvalue weighted by Gasteiger charge is 2.40. The Balaban J connectivity index is 3.31. The van der Waals surface area contributed by atoms with Crippen molar-refractivity contribution in [1.29, 1.82) is 5.26 Å². The number of pyridine rings is 1. The molecule has 1 rings (SSSR count). The Bertz CT molecular complexity index is 570. The summed E-state index contributed by atoms with van der Waals surface area (Å²) in [5.41, 5.74) is -1.77. The summed E-state index contributed by atoms with van der Waals surface area (Å²) in [5.74, 6) is -0.750. The van der Waals surface area contributed by atoms with Crippen LogP contribution in [-0.2, 0) is 14.9 Å². The van der Waals surface area contributed by atoms with Gasteiger partial charge >= 0.3 is 5.97 Å². The number of carbonyl (C=O) groups excluding carboxylic acids is 1. The molecule has 1 aromatic rings. The molecule has 0 bridgehead atoms. The van der Waals surface area contributed by atoms with Gasteiger partial charge in [-0.05, 0) is 29.8 Å². The number of hydrogen-bond acceptors (Lipinski definition) is 6. The first-order valence-electron chi connectivity index (χ1n) is 5.25. The predicted molar refractivity (Wildman–Crippen MR) is 68.2 cm³/mol. The Hall–Kier alpha value is -2.01. The Labute approximate surface area is 117 Å². The monoisotopic (exact) mass is 327 g/mol. The Kier molecular flexibility index (Phi) is 4.56. The van der Waals surface area contributed by atoms with Crippen molar-refractivity contribution < 1.29 is 14.5 Å². The van der Waals surface area contributed by atoms with Crippen molar-refractivity contribution >= 4 is 27.6 Å². The van der Waals surface area contributed by atoms with E-state index in [2.05, 4.69) is 20.9 Å². The van der Waals surface area contributed by atoms with Crippen LogP contribution in [0.3, 0.4) is 0 Å². The molecule has 1 aromatic heterocycles. The molecule has 0 N–H and O–H groups in total. The van der Waals surface area contributed by atoms with Crippen LogP contribution >= 0.6 is 15.9 Å². The number of ether oxygens (including phenoxy) is 1. The van der Waals surface area contributed by atoms with Crippen LogP contribution < -0.4 is 0 Å². The molecule has 0 aliphatic rings. The highest BCUT2D eigenvalue weighted by atomic mass is 79.9. The molecule has 0 amide bonds. The number of nitriles is 1. The molecule has 0 saturated carbocycles. The molecule has 0 spiro atoms. The standard InChI is InChI=1S/C11H10BrN3O4/c1-3-19-10(16)11(2,6-13)9-8(12)4-7(5-14-9)15(17)18/h4-5H,3H2,1-2H3. The normalized spacial score (nSPS) is 13.2. The van der Waals surface area contributed by atoms with Crippen molar-refractivity contribution in [2.45, 2.75) is 19.3 Å². The molecule has 0 aliphatic carbocycles. The Morgan fingerprint density at radius 2 is 2.37 bits per heavy atom. The number of hydrogen-bond donors (Lipinski definition) is 0. The lowest BCUT2D eigenvalue weighted by Gasteiger charge is -2.19. The van der Waals surface area contributed by atoms with E-state index in [1.165, 1.54) is 13.0 Å². The van der Waals surface area contributed by atoms with Crippen LogP contribution in [-0.4, -0.2) is 22.5 Å². The topological polar surface area (TPSA) is 106 Å². The minimum atomic E-state index is -1.62. The first-order valence-corrected chi connectivity index (χ1v) is 6.05. The van der Waals surface area contributed by atoms with Gasteiger partial charge in [0.1, 0.15) is 6.20 Å². The molecule has 0 fully saturated rings. The number of esters is 1. The van der Waals surface area contributed by atoms with Gasteiger partial charge in [-0.25, -0.2) is 4.79 Å². The largest absolute Gasteiger partial charge is 0.465 e. The van der Waals surface area contributed by atoms with E-state index in [1.807, 2.05) is 6.07 Å². The molecule has 7 nitrogen and oxygen atoms in total. The van der Waals surface area contributed by atoms with Crippen molar-refractivity contribution in [3.8, 4) is 6.07 Å². The van der Waals surface area contributed by atoms with E-state index < -0.39 is 16.3 Å². The number of carbonyl (C=O) groups is 1. The van der Waals surface area contributed by atoms with Crippen molar-refractivity contribution in [1.82, 2.24) is 4.98 Å². The summed E-state index contributed by atoms with van der Waals surface area (Å²) in [6.45, 7) is 3.10. The van der Waals surface area contributed by atoms with Gasteiger partial charge in [0.05, 0.1) is 23.3 Å². The summed E-state index contributed by atoms with van der Waals surface area (Å²) in [5, 5.41) is 19.8. The van der Waals surface area contributed by atoms with Gasteiger partial charge in [0.15, 0.2) is 5.41 Å². The predicted octanol–water partition coefficient (Wildman–Crippen LogP) is 2.10. The average molecular weight is 328 g/mol. The molecule has 0 aromatic carbocycles. The van der Waals surface area contributed by atoms with E-state index in [0.29, 0.717) is 0 Å². The van der Waals surface area contributed by atoms with E-state index in [1.54, 1.807) is 6.92 Å². The second-order valence-corrected chi connectivity index (χ2v) is 4.59. The Morgan fingerprint density at radius 1 is 1.74 bits per heavy atom. The number of aromatic nitrogens is 1. The minimum Gasteiger partial charge on any atom is -0.465 e. The van der Waals surface area contributed by atoms with Crippen molar-refractivity contribution in [3.05, 3.63) is 32.5 Å². The molecule has 1 unspecified atom stereocenters. The summed E-state index contributed by atoms with van der Waals surface area (Å²) in [7, 11) is 0. The highest BCUT2D eigenvalue weighted by Crippen LogP contribution is 2.31. The van der Waals surface area contributed by atoms with E-state index >= 15 is 0 Å². The third kappa shape index (κ3) is 2.88. The quantitative estimate of drug-likeness (QED) is 0.476. The lowest BCUT2D eigenvalue weighted by atomic mass is 9.88. The molecular formula is C11H10BrN3O4. The maximum atomic E-state index is 11.8. The summed E-state index contributed by atoms with van der Waals surface area (Å²) in [4.78, 5) is 25.7. The molecule has 1 heterocycles. The number of rotatable bonds is 4. The smallest absolute Gasteiger partial charge is 0.332 e.